The van der Waals surface area contributed by atoms with E-state index in [4.69, 9.17) is 15.9 Å². The Kier molecular flexibility index (Phi) is 14.4. The Hall–Kier alpha value is -2.89. The third-order valence-electron chi connectivity index (χ3n) is 4.20. The average molecular weight is 432 g/mol. The Balaban J connectivity index is 4.23. The van der Waals surface area contributed by atoms with Gasteiger partial charge in [0.05, 0.1) is 0 Å². The van der Waals surface area contributed by atoms with E-state index >= 15 is 0 Å². The molecule has 0 bridgehead atoms. The molecule has 0 radical (unpaired) electrons. The SMILES string of the molecule is NCCCCCC(=O)NCCCCC(NC(=O)N[C@@H](CCC(=O)O)C(=O)O)C(=O)O. The van der Waals surface area contributed by atoms with Gasteiger partial charge in [-0.3, -0.25) is 9.59 Å². The van der Waals surface area contributed by atoms with Crippen LogP contribution in [0.2, 0.25) is 0 Å². The van der Waals surface area contributed by atoms with Crippen LogP contribution in [0.4, 0.5) is 4.79 Å². The zero-order valence-corrected chi connectivity index (χ0v) is 16.9. The Morgan fingerprint density at radius 1 is 0.733 bits per heavy atom. The Morgan fingerprint density at radius 2 is 1.33 bits per heavy atom. The lowest BCUT2D eigenvalue weighted by atomic mass is 10.1. The van der Waals surface area contributed by atoms with Crippen molar-refractivity contribution in [3.8, 4) is 0 Å². The molecule has 0 aromatic carbocycles. The van der Waals surface area contributed by atoms with Crippen molar-refractivity contribution in [1.82, 2.24) is 16.0 Å². The molecule has 0 rings (SSSR count). The second kappa shape index (κ2) is 16.0. The zero-order valence-electron chi connectivity index (χ0n) is 16.9. The van der Waals surface area contributed by atoms with Crippen LogP contribution in [-0.4, -0.2) is 70.3 Å². The standard InChI is InChI=1S/C18H32N4O8/c19-10-4-1-2-7-14(23)20-11-5-3-6-12(16(26)27)21-18(30)22-13(17(28)29)8-9-15(24)25/h12-13H,1-11,19H2,(H,20,23)(H,24,25)(H,26,27)(H,28,29)(H2,21,22,30)/t12?,13-/m0/s1. The first-order valence-corrected chi connectivity index (χ1v) is 9.88. The molecule has 30 heavy (non-hydrogen) atoms. The molecule has 0 saturated heterocycles. The fraction of sp³-hybridized carbons (Fsp3) is 0.722. The highest BCUT2D eigenvalue weighted by molar-refractivity contribution is 5.86. The molecule has 12 nitrogen and oxygen atoms in total. The normalized spacial score (nSPS) is 12.4. The number of urea groups is 1. The number of nitrogens with two attached hydrogens (primary N) is 1. The molecule has 2 atom stereocenters. The summed E-state index contributed by atoms with van der Waals surface area (Å²) in [5.41, 5.74) is 5.38. The molecule has 0 spiro atoms. The van der Waals surface area contributed by atoms with Crippen molar-refractivity contribution in [3.63, 3.8) is 0 Å². The number of carboxylic acids is 3. The lowest BCUT2D eigenvalue weighted by Crippen LogP contribution is -2.51. The first-order chi connectivity index (χ1) is 14.2. The predicted molar refractivity (Wildman–Crippen MR) is 106 cm³/mol. The number of nitrogens with one attached hydrogen (secondary N) is 3. The van der Waals surface area contributed by atoms with Crippen molar-refractivity contribution >= 4 is 29.8 Å². The lowest BCUT2D eigenvalue weighted by Gasteiger charge is -2.18. The van der Waals surface area contributed by atoms with Crippen LogP contribution in [0.25, 0.3) is 0 Å². The fourth-order valence-electron chi connectivity index (χ4n) is 2.54. The van der Waals surface area contributed by atoms with Crippen molar-refractivity contribution in [2.75, 3.05) is 13.1 Å². The molecule has 12 heteroatoms. The number of rotatable bonds is 17. The third-order valence-corrected chi connectivity index (χ3v) is 4.20. The maximum absolute atomic E-state index is 11.9. The minimum absolute atomic E-state index is 0.0830. The summed E-state index contributed by atoms with van der Waals surface area (Å²) >= 11 is 0. The first kappa shape index (κ1) is 27.1. The van der Waals surface area contributed by atoms with E-state index in [-0.39, 0.29) is 18.7 Å². The van der Waals surface area contributed by atoms with Gasteiger partial charge in [0, 0.05) is 19.4 Å². The summed E-state index contributed by atoms with van der Waals surface area (Å²) in [6.45, 7) is 0.974. The quantitative estimate of drug-likeness (QED) is 0.152. The maximum Gasteiger partial charge on any atom is 0.326 e. The van der Waals surface area contributed by atoms with Crippen LogP contribution in [0.3, 0.4) is 0 Å². The smallest absolute Gasteiger partial charge is 0.326 e. The zero-order chi connectivity index (χ0) is 22.9. The second-order valence-corrected chi connectivity index (χ2v) is 6.78. The molecule has 0 heterocycles. The predicted octanol–water partition coefficient (Wildman–Crippen LogP) is -0.138. The number of unbranched alkanes of at least 4 members (excludes halogenated alkanes) is 3. The van der Waals surface area contributed by atoms with Gasteiger partial charge in [-0.1, -0.05) is 6.42 Å². The van der Waals surface area contributed by atoms with Gasteiger partial charge < -0.3 is 37.0 Å². The molecule has 0 aliphatic carbocycles. The van der Waals surface area contributed by atoms with E-state index in [2.05, 4.69) is 16.0 Å². The van der Waals surface area contributed by atoms with Gasteiger partial charge in [-0.15, -0.1) is 0 Å². The molecule has 0 fully saturated rings. The minimum Gasteiger partial charge on any atom is -0.481 e. The van der Waals surface area contributed by atoms with E-state index in [1.165, 1.54) is 0 Å². The molecular formula is C18H32N4O8. The van der Waals surface area contributed by atoms with Gasteiger partial charge >= 0.3 is 23.9 Å². The van der Waals surface area contributed by atoms with Gasteiger partial charge in [0.25, 0.3) is 0 Å². The summed E-state index contributed by atoms with van der Waals surface area (Å²) in [6.07, 6.45) is 3.14. The van der Waals surface area contributed by atoms with Gasteiger partial charge in [0.2, 0.25) is 5.91 Å². The molecule has 0 aliphatic rings. The first-order valence-electron chi connectivity index (χ1n) is 9.88. The number of hydrogen-bond acceptors (Lipinski definition) is 6. The van der Waals surface area contributed by atoms with Gasteiger partial charge in [-0.2, -0.15) is 0 Å². The van der Waals surface area contributed by atoms with E-state index in [1.807, 2.05) is 0 Å². The van der Waals surface area contributed by atoms with Crippen molar-refractivity contribution < 1.29 is 39.3 Å². The van der Waals surface area contributed by atoms with Crippen LogP contribution in [0.5, 0.6) is 0 Å². The highest BCUT2D eigenvalue weighted by Crippen LogP contribution is 2.03. The number of carbonyl (C=O) groups excluding carboxylic acids is 2. The molecular weight excluding hydrogens is 400 g/mol. The molecule has 0 aromatic heterocycles. The number of carboxylic acid groups (broad SMARTS) is 3. The van der Waals surface area contributed by atoms with E-state index in [0.29, 0.717) is 32.4 Å². The highest BCUT2D eigenvalue weighted by Gasteiger charge is 2.24. The topological polar surface area (TPSA) is 208 Å². The summed E-state index contributed by atoms with van der Waals surface area (Å²) in [7, 11) is 0. The molecule has 0 aromatic rings. The van der Waals surface area contributed by atoms with E-state index in [0.717, 1.165) is 19.3 Å². The van der Waals surface area contributed by atoms with Crippen LogP contribution < -0.4 is 21.7 Å². The number of hydrogen-bond donors (Lipinski definition) is 7. The Morgan fingerprint density at radius 3 is 1.87 bits per heavy atom. The van der Waals surface area contributed by atoms with E-state index in [9.17, 15) is 29.1 Å². The fourth-order valence-corrected chi connectivity index (χ4v) is 2.54. The van der Waals surface area contributed by atoms with Crippen molar-refractivity contribution in [2.24, 2.45) is 5.73 Å². The van der Waals surface area contributed by atoms with Crippen molar-refractivity contribution in [1.29, 1.82) is 0 Å². The van der Waals surface area contributed by atoms with Crippen LogP contribution >= 0.6 is 0 Å². The second-order valence-electron chi connectivity index (χ2n) is 6.78. The van der Waals surface area contributed by atoms with Gasteiger partial charge in [0.1, 0.15) is 12.1 Å². The third kappa shape index (κ3) is 14.2. The van der Waals surface area contributed by atoms with Crippen molar-refractivity contribution in [2.45, 2.75) is 69.9 Å². The summed E-state index contributed by atoms with van der Waals surface area (Å²) in [6, 6.07) is -3.70. The maximum atomic E-state index is 11.9. The van der Waals surface area contributed by atoms with Gasteiger partial charge in [-0.05, 0) is 45.1 Å². The van der Waals surface area contributed by atoms with Crippen LogP contribution in [0.1, 0.15) is 57.8 Å². The van der Waals surface area contributed by atoms with Crippen LogP contribution in [-0.2, 0) is 19.2 Å². The Labute approximate surface area is 174 Å². The summed E-state index contributed by atoms with van der Waals surface area (Å²) < 4.78 is 0. The van der Waals surface area contributed by atoms with Gasteiger partial charge in [-0.25, -0.2) is 14.4 Å². The number of carbonyl (C=O) groups is 5. The molecule has 0 saturated carbocycles. The van der Waals surface area contributed by atoms with Crippen molar-refractivity contribution in [3.05, 3.63) is 0 Å². The molecule has 172 valence electrons. The number of amides is 3. The molecule has 0 aliphatic heterocycles. The summed E-state index contributed by atoms with van der Waals surface area (Å²) in [4.78, 5) is 56.4. The average Bonchev–Trinajstić information content (AvgIpc) is 2.66. The monoisotopic (exact) mass is 432 g/mol. The van der Waals surface area contributed by atoms with Crippen LogP contribution in [0.15, 0.2) is 0 Å². The molecule has 8 N–H and O–H groups in total. The minimum atomic E-state index is -1.45. The van der Waals surface area contributed by atoms with Crippen LogP contribution in [0, 0.1) is 0 Å². The summed E-state index contributed by atoms with van der Waals surface area (Å²) in [5, 5.41) is 33.8. The lowest BCUT2D eigenvalue weighted by molar-refractivity contribution is -0.140. The van der Waals surface area contributed by atoms with E-state index in [1.54, 1.807) is 0 Å². The largest absolute Gasteiger partial charge is 0.481 e. The highest BCUT2D eigenvalue weighted by atomic mass is 16.4. The molecule has 1 unspecified atom stereocenters. The Bertz CT molecular complexity index is 585. The number of aliphatic carboxylic acids is 3. The van der Waals surface area contributed by atoms with Gasteiger partial charge in [0.15, 0.2) is 0 Å². The summed E-state index contributed by atoms with van der Waals surface area (Å²) in [5.74, 6) is -4.00. The molecule has 3 amide bonds. The van der Waals surface area contributed by atoms with E-state index < -0.39 is 42.4 Å².